The molecule has 2 heterocycles. The molecule has 2 aromatic rings. The van der Waals surface area contributed by atoms with Gasteiger partial charge in [0.2, 0.25) is 5.91 Å². The summed E-state index contributed by atoms with van der Waals surface area (Å²) in [5.74, 6) is -0.161. The number of amides is 1. The SMILES string of the molecule is CNCC1CCCN(C(=O)CCc2ncc(-c3ccc(F)cc3F)o2)C1. The summed E-state index contributed by atoms with van der Waals surface area (Å²) < 4.78 is 32.3. The molecule has 1 amide bonds. The lowest BCUT2D eigenvalue weighted by Gasteiger charge is -2.32. The Labute approximate surface area is 151 Å². The average Bonchev–Trinajstić information content (AvgIpc) is 3.09. The van der Waals surface area contributed by atoms with Crippen molar-refractivity contribution < 1.29 is 18.0 Å². The van der Waals surface area contributed by atoms with Crippen LogP contribution in [-0.2, 0) is 11.2 Å². The van der Waals surface area contributed by atoms with Crippen LogP contribution in [0.1, 0.15) is 25.2 Å². The fourth-order valence-corrected chi connectivity index (χ4v) is 3.36. The second-order valence-electron chi connectivity index (χ2n) is 6.65. The van der Waals surface area contributed by atoms with Crippen molar-refractivity contribution in [3.05, 3.63) is 41.9 Å². The number of halogens is 2. The number of nitrogens with one attached hydrogen (secondary N) is 1. The Balaban J connectivity index is 1.57. The van der Waals surface area contributed by atoms with Crippen LogP contribution in [0.5, 0.6) is 0 Å². The zero-order valence-corrected chi connectivity index (χ0v) is 14.8. The van der Waals surface area contributed by atoms with Crippen molar-refractivity contribution >= 4 is 5.91 Å². The van der Waals surface area contributed by atoms with Crippen LogP contribution in [0.3, 0.4) is 0 Å². The summed E-state index contributed by atoms with van der Waals surface area (Å²) >= 11 is 0. The van der Waals surface area contributed by atoms with Gasteiger partial charge in [0.1, 0.15) is 11.6 Å². The Kier molecular flexibility index (Phi) is 5.98. The van der Waals surface area contributed by atoms with E-state index in [0.29, 0.717) is 24.7 Å². The van der Waals surface area contributed by atoms with E-state index < -0.39 is 11.6 Å². The molecule has 0 aliphatic carbocycles. The molecule has 0 radical (unpaired) electrons. The van der Waals surface area contributed by atoms with Gasteiger partial charge in [-0.3, -0.25) is 4.79 Å². The van der Waals surface area contributed by atoms with E-state index in [4.69, 9.17) is 4.42 Å². The topological polar surface area (TPSA) is 58.4 Å². The van der Waals surface area contributed by atoms with Crippen molar-refractivity contribution in [3.8, 4) is 11.3 Å². The minimum atomic E-state index is -0.701. The molecule has 1 aromatic heterocycles. The zero-order chi connectivity index (χ0) is 18.5. The Morgan fingerprint density at radius 3 is 3.04 bits per heavy atom. The van der Waals surface area contributed by atoms with Gasteiger partial charge in [0.25, 0.3) is 0 Å². The number of piperidine rings is 1. The standard InChI is InChI=1S/C19H23F2N3O2/c1-22-10-13-3-2-8-24(12-13)19(25)7-6-18-23-11-17(26-18)15-5-4-14(20)9-16(15)21/h4-5,9,11,13,22H,2-3,6-8,10,12H2,1H3. The Hall–Kier alpha value is -2.28. The molecular weight excluding hydrogens is 340 g/mol. The highest BCUT2D eigenvalue weighted by molar-refractivity contribution is 5.76. The Morgan fingerprint density at radius 1 is 1.42 bits per heavy atom. The second kappa shape index (κ2) is 8.40. The number of rotatable bonds is 6. The van der Waals surface area contributed by atoms with Crippen molar-refractivity contribution in [1.29, 1.82) is 0 Å². The predicted octanol–water partition coefficient (Wildman–Crippen LogP) is 3.01. The number of nitrogens with zero attached hydrogens (tertiary/aromatic N) is 2. The highest BCUT2D eigenvalue weighted by Crippen LogP contribution is 2.25. The first-order valence-electron chi connectivity index (χ1n) is 8.89. The summed E-state index contributed by atoms with van der Waals surface area (Å²) in [5, 5.41) is 3.16. The van der Waals surface area contributed by atoms with Crippen molar-refractivity contribution in [2.24, 2.45) is 5.92 Å². The molecule has 1 aliphatic heterocycles. The summed E-state index contributed by atoms with van der Waals surface area (Å²) in [6.45, 7) is 2.48. The third kappa shape index (κ3) is 4.46. The molecule has 1 saturated heterocycles. The molecule has 1 unspecified atom stereocenters. The van der Waals surface area contributed by atoms with Gasteiger partial charge in [0.05, 0.1) is 11.8 Å². The quantitative estimate of drug-likeness (QED) is 0.857. The second-order valence-corrected chi connectivity index (χ2v) is 6.65. The molecule has 3 rings (SSSR count). The predicted molar refractivity (Wildman–Crippen MR) is 93.4 cm³/mol. The fourth-order valence-electron chi connectivity index (χ4n) is 3.36. The minimum Gasteiger partial charge on any atom is -0.441 e. The van der Waals surface area contributed by atoms with E-state index in [2.05, 4.69) is 10.3 Å². The number of carbonyl (C=O) groups excluding carboxylic acids is 1. The van der Waals surface area contributed by atoms with Gasteiger partial charge in [-0.1, -0.05) is 0 Å². The summed E-state index contributed by atoms with van der Waals surface area (Å²) in [6, 6.07) is 3.29. The van der Waals surface area contributed by atoms with Crippen LogP contribution in [0.4, 0.5) is 8.78 Å². The van der Waals surface area contributed by atoms with Crippen LogP contribution >= 0.6 is 0 Å². The lowest BCUT2D eigenvalue weighted by Crippen LogP contribution is -2.42. The molecule has 5 nitrogen and oxygen atoms in total. The van der Waals surface area contributed by atoms with E-state index in [-0.39, 0.29) is 17.2 Å². The highest BCUT2D eigenvalue weighted by atomic mass is 19.1. The molecule has 1 fully saturated rings. The molecule has 26 heavy (non-hydrogen) atoms. The molecule has 0 bridgehead atoms. The van der Waals surface area contributed by atoms with Crippen LogP contribution in [0.2, 0.25) is 0 Å². The van der Waals surface area contributed by atoms with E-state index in [9.17, 15) is 13.6 Å². The van der Waals surface area contributed by atoms with Gasteiger partial charge in [-0.15, -0.1) is 0 Å². The molecule has 1 atom stereocenters. The molecule has 140 valence electrons. The van der Waals surface area contributed by atoms with Gasteiger partial charge >= 0.3 is 0 Å². The van der Waals surface area contributed by atoms with E-state index in [1.54, 1.807) is 0 Å². The molecular formula is C19H23F2N3O2. The van der Waals surface area contributed by atoms with Gasteiger partial charge in [-0.25, -0.2) is 13.8 Å². The van der Waals surface area contributed by atoms with Crippen molar-refractivity contribution in [1.82, 2.24) is 15.2 Å². The van der Waals surface area contributed by atoms with Crippen molar-refractivity contribution in [2.45, 2.75) is 25.7 Å². The molecule has 1 aromatic carbocycles. The summed E-state index contributed by atoms with van der Waals surface area (Å²) in [6.07, 6.45) is 4.22. The lowest BCUT2D eigenvalue weighted by molar-refractivity contribution is -0.133. The number of carbonyl (C=O) groups is 1. The average molecular weight is 363 g/mol. The first kappa shape index (κ1) is 18.5. The summed E-state index contributed by atoms with van der Waals surface area (Å²) in [7, 11) is 1.92. The number of aryl methyl sites for hydroxylation is 1. The fraction of sp³-hybridized carbons (Fsp3) is 0.474. The number of benzene rings is 1. The maximum absolute atomic E-state index is 13.8. The van der Waals surface area contributed by atoms with E-state index in [0.717, 1.165) is 38.5 Å². The largest absolute Gasteiger partial charge is 0.441 e. The molecule has 0 saturated carbocycles. The molecule has 1 N–H and O–H groups in total. The zero-order valence-electron chi connectivity index (χ0n) is 14.8. The van der Waals surface area contributed by atoms with Crippen molar-refractivity contribution in [2.75, 3.05) is 26.7 Å². The van der Waals surface area contributed by atoms with Crippen LogP contribution in [0.25, 0.3) is 11.3 Å². The van der Waals surface area contributed by atoms with E-state index >= 15 is 0 Å². The number of oxazole rings is 1. The van der Waals surface area contributed by atoms with Crippen LogP contribution < -0.4 is 5.32 Å². The van der Waals surface area contributed by atoms with Gasteiger partial charge in [0.15, 0.2) is 11.7 Å². The first-order valence-corrected chi connectivity index (χ1v) is 8.89. The van der Waals surface area contributed by atoms with Crippen LogP contribution in [0, 0.1) is 17.6 Å². The number of hydrogen-bond acceptors (Lipinski definition) is 4. The number of hydrogen-bond donors (Lipinski definition) is 1. The number of aromatic nitrogens is 1. The van der Waals surface area contributed by atoms with E-state index in [1.165, 1.54) is 18.3 Å². The van der Waals surface area contributed by atoms with Gasteiger partial charge in [-0.2, -0.15) is 0 Å². The third-order valence-electron chi connectivity index (χ3n) is 4.67. The van der Waals surface area contributed by atoms with Crippen molar-refractivity contribution in [3.63, 3.8) is 0 Å². The maximum Gasteiger partial charge on any atom is 0.223 e. The lowest BCUT2D eigenvalue weighted by atomic mass is 9.97. The Bertz CT molecular complexity index is 761. The normalized spacial score (nSPS) is 17.5. The Morgan fingerprint density at radius 2 is 2.27 bits per heavy atom. The van der Waals surface area contributed by atoms with Crippen LogP contribution in [-0.4, -0.2) is 42.5 Å². The van der Waals surface area contributed by atoms with Gasteiger partial charge in [0, 0.05) is 32.0 Å². The summed E-state index contributed by atoms with van der Waals surface area (Å²) in [4.78, 5) is 18.4. The molecule has 1 aliphatic rings. The van der Waals surface area contributed by atoms with Gasteiger partial charge < -0.3 is 14.6 Å². The first-order chi connectivity index (χ1) is 12.6. The monoisotopic (exact) mass is 363 g/mol. The van der Waals surface area contributed by atoms with E-state index in [1.807, 2.05) is 11.9 Å². The van der Waals surface area contributed by atoms with Gasteiger partial charge in [-0.05, 0) is 44.5 Å². The molecule has 7 heteroatoms. The highest BCUT2D eigenvalue weighted by Gasteiger charge is 2.23. The minimum absolute atomic E-state index is 0.0820. The maximum atomic E-state index is 13.8. The van der Waals surface area contributed by atoms with Crippen LogP contribution in [0.15, 0.2) is 28.8 Å². The number of likely N-dealkylation sites (tertiary alicyclic amines) is 1. The third-order valence-corrected chi connectivity index (χ3v) is 4.67. The molecule has 0 spiro atoms. The summed E-state index contributed by atoms with van der Waals surface area (Å²) in [5.41, 5.74) is 0.155. The smallest absolute Gasteiger partial charge is 0.223 e.